The molecule has 2 rings (SSSR count). The molecule has 18 heavy (non-hydrogen) atoms. The Labute approximate surface area is 112 Å². The van der Waals surface area contributed by atoms with Crippen LogP contribution in [0.15, 0.2) is 22.7 Å². The second kappa shape index (κ2) is 5.65. The van der Waals surface area contributed by atoms with Crippen molar-refractivity contribution in [3.05, 3.63) is 28.2 Å². The van der Waals surface area contributed by atoms with E-state index in [4.69, 9.17) is 0 Å². The third-order valence-corrected chi connectivity index (χ3v) is 3.44. The van der Waals surface area contributed by atoms with Gasteiger partial charge in [0.25, 0.3) is 5.91 Å². The molecule has 0 atom stereocenters. The fraction of sp³-hybridized carbons (Fsp3) is 0.417. The van der Waals surface area contributed by atoms with E-state index in [-0.39, 0.29) is 11.7 Å². The zero-order valence-corrected chi connectivity index (χ0v) is 11.1. The molecule has 3 nitrogen and oxygen atoms in total. The van der Waals surface area contributed by atoms with Gasteiger partial charge in [-0.3, -0.25) is 4.79 Å². The summed E-state index contributed by atoms with van der Waals surface area (Å²) in [5.41, 5.74) is 0.371. The molecule has 0 saturated carbocycles. The monoisotopic (exact) mass is 319 g/mol. The number of halogens is 3. The van der Waals surface area contributed by atoms with Crippen molar-refractivity contribution in [3.63, 3.8) is 0 Å². The number of alkyl halides is 2. The van der Waals surface area contributed by atoms with Crippen LogP contribution in [0.5, 0.6) is 5.75 Å². The lowest BCUT2D eigenvalue weighted by Gasteiger charge is -2.16. The molecule has 1 amide bonds. The van der Waals surface area contributed by atoms with Gasteiger partial charge in [0.2, 0.25) is 0 Å². The summed E-state index contributed by atoms with van der Waals surface area (Å²) in [6, 6.07) is 4.49. The van der Waals surface area contributed by atoms with E-state index in [9.17, 15) is 13.6 Å². The number of ether oxygens (including phenoxy) is 1. The largest absolute Gasteiger partial charge is 0.434 e. The average Bonchev–Trinajstić information content (AvgIpc) is 2.84. The molecule has 1 aliphatic rings. The third-order valence-electron chi connectivity index (χ3n) is 2.79. The molecule has 0 aliphatic carbocycles. The van der Waals surface area contributed by atoms with Gasteiger partial charge < -0.3 is 9.64 Å². The molecule has 1 aromatic carbocycles. The Hall–Kier alpha value is -1.17. The van der Waals surface area contributed by atoms with Crippen LogP contribution in [0.4, 0.5) is 8.78 Å². The van der Waals surface area contributed by atoms with Gasteiger partial charge in [-0.1, -0.05) is 0 Å². The Morgan fingerprint density at radius 2 is 2.00 bits per heavy atom. The molecule has 1 aliphatic heterocycles. The van der Waals surface area contributed by atoms with Crippen molar-refractivity contribution >= 4 is 21.8 Å². The number of hydrogen-bond acceptors (Lipinski definition) is 2. The molecule has 6 heteroatoms. The Morgan fingerprint density at radius 3 is 2.61 bits per heavy atom. The first-order chi connectivity index (χ1) is 8.58. The normalized spacial score (nSPS) is 15.2. The highest BCUT2D eigenvalue weighted by molar-refractivity contribution is 9.10. The van der Waals surface area contributed by atoms with E-state index < -0.39 is 6.61 Å². The predicted molar refractivity (Wildman–Crippen MR) is 65.9 cm³/mol. The number of benzene rings is 1. The average molecular weight is 320 g/mol. The van der Waals surface area contributed by atoms with Crippen molar-refractivity contribution in [2.75, 3.05) is 13.1 Å². The van der Waals surface area contributed by atoms with Gasteiger partial charge in [0.15, 0.2) is 0 Å². The van der Waals surface area contributed by atoms with Gasteiger partial charge >= 0.3 is 6.61 Å². The standard InChI is InChI=1S/C12H12BrF2NO2/c13-9-4-3-8(7-10(9)18-12(14)15)11(17)16-5-1-2-6-16/h3-4,7,12H,1-2,5-6H2. The van der Waals surface area contributed by atoms with Crippen LogP contribution in [-0.2, 0) is 0 Å². The minimum Gasteiger partial charge on any atom is -0.434 e. The second-order valence-corrected chi connectivity index (χ2v) is 4.88. The summed E-state index contributed by atoms with van der Waals surface area (Å²) in [5.74, 6) is -0.158. The topological polar surface area (TPSA) is 29.5 Å². The van der Waals surface area contributed by atoms with E-state index in [0.717, 1.165) is 25.9 Å². The molecule has 1 saturated heterocycles. The molecular formula is C12H12BrF2NO2. The van der Waals surface area contributed by atoms with Crippen molar-refractivity contribution in [1.29, 1.82) is 0 Å². The number of hydrogen-bond donors (Lipinski definition) is 0. The van der Waals surface area contributed by atoms with Crippen molar-refractivity contribution < 1.29 is 18.3 Å². The SMILES string of the molecule is O=C(c1ccc(Br)c(OC(F)F)c1)N1CCCC1. The van der Waals surface area contributed by atoms with Crippen molar-refractivity contribution in [1.82, 2.24) is 4.90 Å². The van der Waals surface area contributed by atoms with Crippen LogP contribution in [0.25, 0.3) is 0 Å². The molecule has 0 radical (unpaired) electrons. The summed E-state index contributed by atoms with van der Waals surface area (Å²) < 4.78 is 29.1. The minimum absolute atomic E-state index is 0.0185. The number of carbonyl (C=O) groups is 1. The van der Waals surface area contributed by atoms with Crippen LogP contribution in [0.2, 0.25) is 0 Å². The maximum Gasteiger partial charge on any atom is 0.387 e. The molecule has 1 heterocycles. The summed E-state index contributed by atoms with van der Waals surface area (Å²) >= 11 is 3.11. The van der Waals surface area contributed by atoms with Crippen LogP contribution >= 0.6 is 15.9 Å². The predicted octanol–water partition coefficient (Wildman–Crippen LogP) is 3.29. The van der Waals surface area contributed by atoms with E-state index in [1.807, 2.05) is 0 Å². The van der Waals surface area contributed by atoms with E-state index in [1.54, 1.807) is 17.0 Å². The van der Waals surface area contributed by atoms with Crippen LogP contribution in [0, 0.1) is 0 Å². The molecule has 1 fully saturated rings. The highest BCUT2D eigenvalue weighted by Crippen LogP contribution is 2.28. The minimum atomic E-state index is -2.90. The summed E-state index contributed by atoms with van der Waals surface area (Å²) in [6.45, 7) is -1.46. The zero-order chi connectivity index (χ0) is 13.1. The smallest absolute Gasteiger partial charge is 0.387 e. The number of carbonyl (C=O) groups excluding carboxylic acids is 1. The van der Waals surface area contributed by atoms with Gasteiger partial charge in [0, 0.05) is 18.7 Å². The fourth-order valence-electron chi connectivity index (χ4n) is 1.93. The molecule has 0 bridgehead atoms. The van der Waals surface area contributed by atoms with Gasteiger partial charge in [0.05, 0.1) is 4.47 Å². The fourth-order valence-corrected chi connectivity index (χ4v) is 2.27. The molecule has 98 valence electrons. The molecule has 0 aromatic heterocycles. The third kappa shape index (κ3) is 2.98. The maximum atomic E-state index is 12.2. The lowest BCUT2D eigenvalue weighted by molar-refractivity contribution is -0.0504. The Balaban J connectivity index is 2.20. The molecule has 0 N–H and O–H groups in total. The van der Waals surface area contributed by atoms with Crippen LogP contribution < -0.4 is 4.74 Å². The van der Waals surface area contributed by atoms with Gasteiger partial charge in [0.1, 0.15) is 5.75 Å². The number of amides is 1. The highest BCUT2D eigenvalue weighted by atomic mass is 79.9. The van der Waals surface area contributed by atoms with E-state index in [2.05, 4.69) is 20.7 Å². The first-order valence-corrected chi connectivity index (χ1v) is 6.41. The number of nitrogens with zero attached hydrogens (tertiary/aromatic N) is 1. The molecule has 1 aromatic rings. The van der Waals surface area contributed by atoms with Crippen LogP contribution in [-0.4, -0.2) is 30.5 Å². The van der Waals surface area contributed by atoms with Crippen molar-refractivity contribution in [2.45, 2.75) is 19.5 Å². The van der Waals surface area contributed by atoms with Gasteiger partial charge in [-0.25, -0.2) is 0 Å². The van der Waals surface area contributed by atoms with Gasteiger partial charge in [-0.15, -0.1) is 0 Å². The maximum absolute atomic E-state index is 12.2. The quantitative estimate of drug-likeness (QED) is 0.855. The summed E-state index contributed by atoms with van der Waals surface area (Å²) in [6.07, 6.45) is 1.98. The van der Waals surface area contributed by atoms with Crippen LogP contribution in [0.1, 0.15) is 23.2 Å². The lowest BCUT2D eigenvalue weighted by atomic mass is 10.2. The van der Waals surface area contributed by atoms with Crippen LogP contribution in [0.3, 0.4) is 0 Å². The van der Waals surface area contributed by atoms with E-state index in [1.165, 1.54) is 6.07 Å². The molecule has 0 spiro atoms. The lowest BCUT2D eigenvalue weighted by Crippen LogP contribution is -2.27. The van der Waals surface area contributed by atoms with Crippen molar-refractivity contribution in [3.8, 4) is 5.75 Å². The number of likely N-dealkylation sites (tertiary alicyclic amines) is 1. The first kappa shape index (κ1) is 13.3. The Kier molecular flexibility index (Phi) is 4.16. The summed E-state index contributed by atoms with van der Waals surface area (Å²) in [4.78, 5) is 13.8. The molecule has 0 unspecified atom stereocenters. The van der Waals surface area contributed by atoms with Gasteiger partial charge in [-0.2, -0.15) is 8.78 Å². The van der Waals surface area contributed by atoms with E-state index >= 15 is 0 Å². The summed E-state index contributed by atoms with van der Waals surface area (Å²) in [7, 11) is 0. The van der Waals surface area contributed by atoms with Gasteiger partial charge in [-0.05, 0) is 47.0 Å². The summed E-state index contributed by atoms with van der Waals surface area (Å²) in [5, 5.41) is 0. The first-order valence-electron chi connectivity index (χ1n) is 5.61. The number of rotatable bonds is 3. The van der Waals surface area contributed by atoms with Crippen molar-refractivity contribution in [2.24, 2.45) is 0 Å². The second-order valence-electron chi connectivity index (χ2n) is 4.02. The molecular weight excluding hydrogens is 308 g/mol. The Bertz CT molecular complexity index is 448. The highest BCUT2D eigenvalue weighted by Gasteiger charge is 2.20. The zero-order valence-electron chi connectivity index (χ0n) is 9.54. The Morgan fingerprint density at radius 1 is 1.33 bits per heavy atom. The van der Waals surface area contributed by atoms with E-state index in [0.29, 0.717) is 10.0 Å².